The molecule has 4 nitrogen and oxygen atoms in total. The molecule has 0 saturated carbocycles. The Hall–Kier alpha value is -1.56. The van der Waals surface area contributed by atoms with Gasteiger partial charge in [-0.1, -0.05) is 30.3 Å². The zero-order chi connectivity index (χ0) is 16.7. The molecule has 0 bridgehead atoms. The van der Waals surface area contributed by atoms with E-state index >= 15 is 0 Å². The molecule has 2 aromatic carbocycles. The lowest BCUT2D eigenvalue weighted by Crippen LogP contribution is -2.25. The van der Waals surface area contributed by atoms with Gasteiger partial charge in [0.1, 0.15) is 17.7 Å². The summed E-state index contributed by atoms with van der Waals surface area (Å²) in [7, 11) is 5.03. The molecule has 0 amide bonds. The van der Waals surface area contributed by atoms with Crippen molar-refractivity contribution in [3.63, 3.8) is 0 Å². The van der Waals surface area contributed by atoms with Crippen molar-refractivity contribution in [1.29, 1.82) is 0 Å². The second-order valence-corrected chi connectivity index (χ2v) is 5.88. The zero-order valence-electron chi connectivity index (χ0n) is 13.6. The average Bonchev–Trinajstić information content (AvgIpc) is 2.60. The third-order valence-electron chi connectivity index (χ3n) is 3.62. The Morgan fingerprint density at radius 1 is 1.00 bits per heavy atom. The fourth-order valence-corrected chi connectivity index (χ4v) is 2.91. The molecule has 1 atom stereocenters. The second-order valence-electron chi connectivity index (χ2n) is 5.03. The minimum absolute atomic E-state index is 0.125. The van der Waals surface area contributed by atoms with E-state index in [1.54, 1.807) is 21.3 Å². The Balaban J connectivity index is 2.03. The first-order valence-corrected chi connectivity index (χ1v) is 8.20. The van der Waals surface area contributed by atoms with E-state index in [4.69, 9.17) is 14.2 Å². The SMILES string of the molecule is COc1cc(CCNC(OC)c2ccccc2)c(OC)cc1Br. The van der Waals surface area contributed by atoms with E-state index in [9.17, 15) is 0 Å². The summed E-state index contributed by atoms with van der Waals surface area (Å²) in [6.45, 7) is 0.758. The first-order valence-electron chi connectivity index (χ1n) is 7.41. The molecule has 2 aromatic rings. The van der Waals surface area contributed by atoms with Crippen LogP contribution >= 0.6 is 15.9 Å². The van der Waals surface area contributed by atoms with Gasteiger partial charge in [-0.2, -0.15) is 0 Å². The lowest BCUT2D eigenvalue weighted by atomic mass is 10.1. The van der Waals surface area contributed by atoms with Gasteiger partial charge in [-0.25, -0.2) is 0 Å². The average molecular weight is 380 g/mol. The molecule has 124 valence electrons. The van der Waals surface area contributed by atoms with Crippen LogP contribution in [0, 0.1) is 0 Å². The highest BCUT2D eigenvalue weighted by molar-refractivity contribution is 9.10. The summed E-state index contributed by atoms with van der Waals surface area (Å²) < 4.78 is 17.2. The van der Waals surface area contributed by atoms with E-state index in [2.05, 4.69) is 21.2 Å². The molecule has 0 saturated heterocycles. The molecule has 5 heteroatoms. The third kappa shape index (κ3) is 4.70. The van der Waals surface area contributed by atoms with Gasteiger partial charge in [-0.3, -0.25) is 5.32 Å². The fraction of sp³-hybridized carbons (Fsp3) is 0.333. The van der Waals surface area contributed by atoms with Crippen LogP contribution in [-0.4, -0.2) is 27.9 Å². The van der Waals surface area contributed by atoms with Gasteiger partial charge >= 0.3 is 0 Å². The van der Waals surface area contributed by atoms with Gasteiger partial charge in [0.25, 0.3) is 0 Å². The molecule has 0 aromatic heterocycles. The van der Waals surface area contributed by atoms with Crippen LogP contribution in [0.4, 0.5) is 0 Å². The van der Waals surface area contributed by atoms with Crippen LogP contribution in [0.3, 0.4) is 0 Å². The molecule has 0 aliphatic rings. The van der Waals surface area contributed by atoms with Gasteiger partial charge in [0.2, 0.25) is 0 Å². The van der Waals surface area contributed by atoms with Crippen LogP contribution in [-0.2, 0) is 11.2 Å². The summed E-state index contributed by atoms with van der Waals surface area (Å²) in [4.78, 5) is 0. The molecular weight excluding hydrogens is 358 g/mol. The Bertz CT molecular complexity index is 619. The molecule has 0 aliphatic carbocycles. The van der Waals surface area contributed by atoms with E-state index < -0.39 is 0 Å². The third-order valence-corrected chi connectivity index (χ3v) is 4.24. The van der Waals surface area contributed by atoms with Gasteiger partial charge in [-0.15, -0.1) is 0 Å². The zero-order valence-corrected chi connectivity index (χ0v) is 15.2. The lowest BCUT2D eigenvalue weighted by molar-refractivity contribution is 0.0743. The molecule has 23 heavy (non-hydrogen) atoms. The van der Waals surface area contributed by atoms with E-state index in [0.29, 0.717) is 0 Å². The van der Waals surface area contributed by atoms with Crippen molar-refractivity contribution in [2.24, 2.45) is 0 Å². The van der Waals surface area contributed by atoms with Gasteiger partial charge < -0.3 is 14.2 Å². The van der Waals surface area contributed by atoms with Gasteiger partial charge in [0.15, 0.2) is 0 Å². The summed E-state index contributed by atoms with van der Waals surface area (Å²) in [6.07, 6.45) is 0.680. The van der Waals surface area contributed by atoms with Gasteiger partial charge in [0, 0.05) is 13.7 Å². The number of hydrogen-bond donors (Lipinski definition) is 1. The summed E-state index contributed by atoms with van der Waals surface area (Å²) >= 11 is 3.47. The predicted molar refractivity (Wildman–Crippen MR) is 95.1 cm³/mol. The molecular formula is C18H22BrNO3. The number of hydrogen-bond acceptors (Lipinski definition) is 4. The van der Waals surface area contributed by atoms with Gasteiger partial charge in [-0.05, 0) is 45.6 Å². The summed E-state index contributed by atoms with van der Waals surface area (Å²) in [5.74, 6) is 1.64. The van der Waals surface area contributed by atoms with Crippen LogP contribution < -0.4 is 14.8 Å². The molecule has 1 N–H and O–H groups in total. The largest absolute Gasteiger partial charge is 0.496 e. The van der Waals surface area contributed by atoms with E-state index in [1.165, 1.54) is 0 Å². The Labute approximate surface area is 145 Å². The van der Waals surface area contributed by atoms with Crippen molar-refractivity contribution >= 4 is 15.9 Å². The molecule has 0 aliphatic heterocycles. The van der Waals surface area contributed by atoms with E-state index in [0.717, 1.165) is 40.1 Å². The van der Waals surface area contributed by atoms with Crippen LogP contribution in [0.2, 0.25) is 0 Å². The highest BCUT2D eigenvalue weighted by Crippen LogP contribution is 2.33. The standard InChI is InChI=1S/C18H22BrNO3/c1-21-16-12-15(19)17(22-2)11-14(16)9-10-20-18(23-3)13-7-5-4-6-8-13/h4-8,11-12,18,20H,9-10H2,1-3H3. The minimum Gasteiger partial charge on any atom is -0.496 e. The summed E-state index contributed by atoms with van der Waals surface area (Å²) in [5.41, 5.74) is 2.19. The molecule has 2 rings (SSSR count). The number of rotatable bonds is 8. The van der Waals surface area contributed by atoms with Crippen molar-refractivity contribution in [1.82, 2.24) is 5.32 Å². The van der Waals surface area contributed by atoms with Gasteiger partial charge in [0.05, 0.1) is 18.7 Å². The second kappa shape index (κ2) is 8.91. The number of nitrogens with one attached hydrogen (secondary N) is 1. The van der Waals surface area contributed by atoms with Crippen molar-refractivity contribution in [3.05, 3.63) is 58.1 Å². The van der Waals surface area contributed by atoms with E-state index in [-0.39, 0.29) is 6.23 Å². The first kappa shape index (κ1) is 17.8. The monoisotopic (exact) mass is 379 g/mol. The number of ether oxygens (including phenoxy) is 3. The number of methoxy groups -OCH3 is 3. The molecule has 0 radical (unpaired) electrons. The van der Waals surface area contributed by atoms with Crippen LogP contribution in [0.5, 0.6) is 11.5 Å². The van der Waals surface area contributed by atoms with Crippen molar-refractivity contribution < 1.29 is 14.2 Å². The topological polar surface area (TPSA) is 39.7 Å². The molecule has 1 unspecified atom stereocenters. The summed E-state index contributed by atoms with van der Waals surface area (Å²) in [6, 6.07) is 14.0. The Morgan fingerprint density at radius 2 is 1.70 bits per heavy atom. The first-order chi connectivity index (χ1) is 11.2. The maximum absolute atomic E-state index is 5.52. The Kier molecular flexibility index (Phi) is 6.89. The maximum Gasteiger partial charge on any atom is 0.133 e. The van der Waals surface area contributed by atoms with Crippen LogP contribution in [0.15, 0.2) is 46.9 Å². The predicted octanol–water partition coefficient (Wildman–Crippen LogP) is 3.94. The normalized spacial score (nSPS) is 12.0. The van der Waals surface area contributed by atoms with E-state index in [1.807, 2.05) is 42.5 Å². The highest BCUT2D eigenvalue weighted by Gasteiger charge is 2.12. The quantitative estimate of drug-likeness (QED) is 0.705. The smallest absolute Gasteiger partial charge is 0.133 e. The number of halogens is 1. The van der Waals surface area contributed by atoms with Crippen molar-refractivity contribution in [2.45, 2.75) is 12.6 Å². The Morgan fingerprint density at radius 3 is 2.30 bits per heavy atom. The lowest BCUT2D eigenvalue weighted by Gasteiger charge is -2.18. The van der Waals surface area contributed by atoms with Crippen molar-refractivity contribution in [3.8, 4) is 11.5 Å². The van der Waals surface area contributed by atoms with Crippen LogP contribution in [0.25, 0.3) is 0 Å². The molecule has 0 spiro atoms. The maximum atomic E-state index is 5.52. The summed E-state index contributed by atoms with van der Waals surface area (Å²) in [5, 5.41) is 3.41. The fourth-order valence-electron chi connectivity index (χ4n) is 2.42. The van der Waals surface area contributed by atoms with Crippen LogP contribution in [0.1, 0.15) is 17.4 Å². The number of benzene rings is 2. The molecule has 0 heterocycles. The highest BCUT2D eigenvalue weighted by atomic mass is 79.9. The van der Waals surface area contributed by atoms with Crippen molar-refractivity contribution in [2.75, 3.05) is 27.9 Å². The minimum atomic E-state index is -0.125. The molecule has 0 fully saturated rings.